The van der Waals surface area contributed by atoms with Crippen LogP contribution in [0.3, 0.4) is 0 Å². The minimum Gasteiger partial charge on any atom is -0.331 e. The van der Waals surface area contributed by atoms with Crippen LogP contribution in [0.1, 0.15) is 11.4 Å². The molecule has 0 unspecified atom stereocenters. The lowest BCUT2D eigenvalue weighted by atomic mass is 9.57. The van der Waals surface area contributed by atoms with Gasteiger partial charge in [0, 0.05) is 24.2 Å². The maximum Gasteiger partial charge on any atom is 0.242 e. The monoisotopic (exact) mass is 452 g/mol. The summed E-state index contributed by atoms with van der Waals surface area (Å²) in [6, 6.07) is 8.17. The topological polar surface area (TPSA) is 59.8 Å². The second kappa shape index (κ2) is 9.41. The summed E-state index contributed by atoms with van der Waals surface area (Å²) in [7, 11) is 16.7. The summed E-state index contributed by atoms with van der Waals surface area (Å²) in [6.07, 6.45) is 3.69. The molecular formula is C23H27B7N4O. The van der Waals surface area contributed by atoms with E-state index >= 15 is 0 Å². The quantitative estimate of drug-likeness (QED) is 0.248. The molecule has 0 aliphatic heterocycles. The van der Waals surface area contributed by atoms with Gasteiger partial charge in [-0.15, -0.1) is 16.4 Å². The molecule has 0 aliphatic rings. The molecule has 0 saturated carbocycles. The summed E-state index contributed by atoms with van der Waals surface area (Å²) in [6.45, 7) is 1.99. The fourth-order valence-electron chi connectivity index (χ4n) is 4.77. The molecule has 0 fully saturated rings. The highest BCUT2D eigenvalue weighted by Gasteiger charge is 2.17. The molecule has 0 radical (unpaired) electrons. The predicted octanol–water partition coefficient (Wildman–Crippen LogP) is -6.19. The van der Waals surface area contributed by atoms with Gasteiger partial charge in [0.1, 0.15) is 66.6 Å². The van der Waals surface area contributed by atoms with Crippen LogP contribution in [0, 0.1) is 6.92 Å². The van der Waals surface area contributed by atoms with Crippen molar-refractivity contribution in [3.8, 4) is 11.3 Å². The minimum atomic E-state index is -0.137. The van der Waals surface area contributed by atoms with E-state index in [-0.39, 0.29) is 5.91 Å². The normalized spacial score (nSPS) is 11.9. The van der Waals surface area contributed by atoms with Gasteiger partial charge in [-0.1, -0.05) is 28.5 Å². The molecule has 2 aromatic heterocycles. The molecule has 0 atom stereocenters. The Labute approximate surface area is 213 Å². The van der Waals surface area contributed by atoms with Crippen molar-refractivity contribution in [2.75, 3.05) is 5.32 Å². The molecule has 0 spiro atoms. The van der Waals surface area contributed by atoms with Crippen LogP contribution in [0.25, 0.3) is 27.5 Å². The first-order chi connectivity index (χ1) is 16.5. The lowest BCUT2D eigenvalue weighted by Gasteiger charge is -2.22. The molecule has 2 heterocycles. The second-order valence-electron chi connectivity index (χ2n) is 9.59. The van der Waals surface area contributed by atoms with Crippen LogP contribution in [0.15, 0.2) is 42.1 Å². The van der Waals surface area contributed by atoms with Crippen LogP contribution in [0.4, 0.5) is 5.82 Å². The van der Waals surface area contributed by atoms with E-state index in [9.17, 15) is 4.79 Å². The van der Waals surface area contributed by atoms with Gasteiger partial charge in [0.15, 0.2) is 0 Å². The van der Waals surface area contributed by atoms with Crippen molar-refractivity contribution in [3.63, 3.8) is 0 Å². The van der Waals surface area contributed by atoms with Crippen molar-refractivity contribution in [2.45, 2.75) is 6.92 Å². The number of carbonyl (C=O) groups excluding carboxylic acids is 1. The van der Waals surface area contributed by atoms with Crippen molar-refractivity contribution < 1.29 is 4.79 Å². The van der Waals surface area contributed by atoms with Gasteiger partial charge in [0.25, 0.3) is 0 Å². The van der Waals surface area contributed by atoms with Crippen molar-refractivity contribution in [2.24, 2.45) is 7.05 Å². The molecular weight excluding hydrogens is 424 g/mol. The van der Waals surface area contributed by atoms with E-state index in [1.54, 1.807) is 6.20 Å². The molecule has 2 aromatic carbocycles. The summed E-state index contributed by atoms with van der Waals surface area (Å²) in [5.41, 5.74) is 11.3. The van der Waals surface area contributed by atoms with Gasteiger partial charge in [-0.25, -0.2) is 9.97 Å². The van der Waals surface area contributed by atoms with Crippen LogP contribution in [0.2, 0.25) is 0 Å². The fourth-order valence-corrected chi connectivity index (χ4v) is 4.77. The van der Waals surface area contributed by atoms with E-state index in [0.717, 1.165) is 33.3 Å². The molecule has 35 heavy (non-hydrogen) atoms. The van der Waals surface area contributed by atoms with Gasteiger partial charge in [0.2, 0.25) is 5.91 Å². The van der Waals surface area contributed by atoms with E-state index in [2.05, 4.69) is 77.3 Å². The van der Waals surface area contributed by atoms with Crippen LogP contribution in [0.5, 0.6) is 0 Å². The number of rotatable bonds is 4. The average Bonchev–Trinajstić information content (AvgIpc) is 3.18. The average molecular weight is 451 g/mol. The highest BCUT2D eigenvalue weighted by molar-refractivity contribution is 6.70. The third-order valence-corrected chi connectivity index (χ3v) is 7.76. The Bertz CT molecular complexity index is 1520. The summed E-state index contributed by atoms with van der Waals surface area (Å²) in [5, 5.41) is 5.05. The van der Waals surface area contributed by atoms with Crippen LogP contribution in [-0.2, 0) is 11.8 Å². The van der Waals surface area contributed by atoms with Crippen LogP contribution in [-0.4, -0.2) is 75.4 Å². The molecule has 4 aromatic rings. The lowest BCUT2D eigenvalue weighted by molar-refractivity contribution is -0.112. The molecule has 166 valence electrons. The van der Waals surface area contributed by atoms with E-state index < -0.39 is 0 Å². The summed E-state index contributed by atoms with van der Waals surface area (Å²) in [4.78, 5) is 22.1. The third kappa shape index (κ3) is 4.42. The van der Waals surface area contributed by atoms with Crippen LogP contribution < -0.4 is 32.6 Å². The second-order valence-corrected chi connectivity index (χ2v) is 9.59. The summed E-state index contributed by atoms with van der Waals surface area (Å²) >= 11 is 0. The number of hydrogen-bond acceptors (Lipinski definition) is 3. The number of amides is 1. The number of aryl methyl sites for hydroxylation is 1. The first kappa shape index (κ1) is 24.8. The maximum atomic E-state index is 13.2. The molecule has 5 nitrogen and oxygen atoms in total. The number of pyridine rings is 1. The van der Waals surface area contributed by atoms with Crippen molar-refractivity contribution in [1.29, 1.82) is 0 Å². The molecule has 0 aliphatic carbocycles. The molecule has 1 N–H and O–H groups in total. The largest absolute Gasteiger partial charge is 0.331 e. The SMILES string of the molecule is B/C(C(=O)Nc1cc2cc(-c3cnc(C)n3C)ccc2cn1)=C(/B)c1c(B)c(B)c(B)c(B)c1B. The molecule has 1 amide bonds. The molecule has 0 bridgehead atoms. The Morgan fingerprint density at radius 2 is 1.49 bits per heavy atom. The number of carbonyl (C=O) groups is 1. The van der Waals surface area contributed by atoms with E-state index in [4.69, 9.17) is 0 Å². The first-order valence-corrected chi connectivity index (χ1v) is 12.0. The zero-order valence-electron chi connectivity index (χ0n) is 22.2. The zero-order chi connectivity index (χ0) is 25.6. The standard InChI is InChI=1S/C23H27B7N4O/c1-9-31-8-13(34(9)2)10-3-4-11-7-32-14(6-12(11)5-10)33-23(35)22(30)18(26)15-16(24)19(27)21(29)20(28)17(15)25/h3-8H,24-30H2,1-2H3,(H,32,33,35)/b22-18+. The maximum absolute atomic E-state index is 13.2. The van der Waals surface area contributed by atoms with Gasteiger partial charge >= 0.3 is 0 Å². The van der Waals surface area contributed by atoms with Gasteiger partial charge in [-0.3, -0.25) is 4.79 Å². The minimum absolute atomic E-state index is 0.137. The number of hydrogen-bond donors (Lipinski definition) is 1. The van der Waals surface area contributed by atoms with E-state index in [1.807, 2.05) is 41.9 Å². The highest BCUT2D eigenvalue weighted by atomic mass is 16.1. The number of nitrogens with zero attached hydrogens (tertiary/aromatic N) is 3. The predicted molar refractivity (Wildman–Crippen MR) is 169 cm³/mol. The van der Waals surface area contributed by atoms with Crippen molar-refractivity contribution >= 4 is 110 Å². The molecule has 4 rings (SSSR count). The number of benzene rings is 2. The first-order valence-electron chi connectivity index (χ1n) is 12.0. The van der Waals surface area contributed by atoms with Gasteiger partial charge in [-0.05, 0) is 35.5 Å². The zero-order valence-corrected chi connectivity index (χ0v) is 22.2. The van der Waals surface area contributed by atoms with E-state index in [1.165, 1.54) is 32.9 Å². The Balaban J connectivity index is 1.68. The number of fused-ring (bicyclic) bond motifs is 1. The molecule has 12 heteroatoms. The van der Waals surface area contributed by atoms with Gasteiger partial charge in [0.05, 0.1) is 11.9 Å². The van der Waals surface area contributed by atoms with E-state index in [0.29, 0.717) is 11.3 Å². The summed E-state index contributed by atoms with van der Waals surface area (Å²) < 4.78 is 2.07. The highest BCUT2D eigenvalue weighted by Crippen LogP contribution is 2.26. The van der Waals surface area contributed by atoms with Crippen molar-refractivity contribution in [3.05, 3.63) is 53.5 Å². The Kier molecular flexibility index (Phi) is 6.67. The summed E-state index contributed by atoms with van der Waals surface area (Å²) in [5.74, 6) is 1.37. The smallest absolute Gasteiger partial charge is 0.242 e. The molecule has 0 saturated heterocycles. The van der Waals surface area contributed by atoms with Gasteiger partial charge in [-0.2, -0.15) is 0 Å². The lowest BCUT2D eigenvalue weighted by Crippen LogP contribution is -2.56. The Morgan fingerprint density at radius 3 is 2.09 bits per heavy atom. The van der Waals surface area contributed by atoms with Gasteiger partial charge < -0.3 is 9.88 Å². The number of imidazole rings is 1. The Morgan fingerprint density at radius 1 is 0.857 bits per heavy atom. The fraction of sp³-hybridized carbons (Fsp3) is 0.0870. The number of anilines is 1. The Hall–Kier alpha value is -3.28. The number of nitrogens with one attached hydrogen (secondary N) is 1. The number of aromatic nitrogens is 3. The van der Waals surface area contributed by atoms with Crippen LogP contribution >= 0.6 is 0 Å². The third-order valence-electron chi connectivity index (χ3n) is 7.76. The van der Waals surface area contributed by atoms with Crippen molar-refractivity contribution in [1.82, 2.24) is 14.5 Å².